The minimum atomic E-state index is -5.23. The van der Waals surface area contributed by atoms with Crippen LogP contribution in [0.1, 0.15) is 33.6 Å². The zero-order valence-electron chi connectivity index (χ0n) is 16.2. The molecule has 1 saturated heterocycles. The highest BCUT2D eigenvalue weighted by Gasteiger charge is 2.50. The fraction of sp³-hybridized carbons (Fsp3) is 0.933. The predicted octanol–water partition coefficient (Wildman–Crippen LogP) is 1.72. The first-order chi connectivity index (χ1) is 11.9. The van der Waals surface area contributed by atoms with E-state index in [0.29, 0.717) is 36.2 Å². The van der Waals surface area contributed by atoms with E-state index in [4.69, 9.17) is 0 Å². The van der Waals surface area contributed by atoms with Gasteiger partial charge in [-0.2, -0.15) is 17.5 Å². The summed E-state index contributed by atoms with van der Waals surface area (Å²) in [7, 11) is -3.57. The first-order valence-corrected chi connectivity index (χ1v) is 10.1. The molecule has 1 aliphatic heterocycles. The number of nitrogens with zero attached hydrogens (tertiary/aromatic N) is 2. The van der Waals surface area contributed by atoms with Crippen molar-refractivity contribution in [1.29, 1.82) is 0 Å². The van der Waals surface area contributed by atoms with Crippen LogP contribution in [0.2, 0.25) is 0 Å². The second-order valence-corrected chi connectivity index (χ2v) is 9.28. The van der Waals surface area contributed by atoms with E-state index in [0.717, 1.165) is 6.54 Å². The van der Waals surface area contributed by atoms with Gasteiger partial charge in [0.05, 0.1) is 0 Å². The average molecular weight is 529 g/mol. The molecule has 0 aromatic rings. The van der Waals surface area contributed by atoms with Crippen LogP contribution >= 0.6 is 24.0 Å². The Balaban J connectivity index is 0.00000676. The van der Waals surface area contributed by atoms with Crippen LogP contribution in [0.15, 0.2) is 4.99 Å². The van der Waals surface area contributed by atoms with Crippen molar-refractivity contribution < 1.29 is 21.6 Å². The largest absolute Gasteiger partial charge is 0.511 e. The number of guanidine groups is 1. The van der Waals surface area contributed by atoms with Gasteiger partial charge in [-0.1, -0.05) is 0 Å². The van der Waals surface area contributed by atoms with Gasteiger partial charge in [-0.3, -0.25) is 4.99 Å². The summed E-state index contributed by atoms with van der Waals surface area (Å²) in [6, 6.07) is 0. The quantitative estimate of drug-likeness (QED) is 0.211. The Morgan fingerprint density at radius 1 is 1.11 bits per heavy atom. The van der Waals surface area contributed by atoms with Crippen molar-refractivity contribution in [3.8, 4) is 0 Å². The summed E-state index contributed by atoms with van der Waals surface area (Å²) >= 11 is 0. The number of rotatable bonds is 6. The molecule has 0 unspecified atom stereocenters. The van der Waals surface area contributed by atoms with Crippen LogP contribution in [0.3, 0.4) is 0 Å². The van der Waals surface area contributed by atoms with Gasteiger partial charge in [-0.05, 0) is 39.5 Å². The molecule has 162 valence electrons. The predicted molar refractivity (Wildman–Crippen MR) is 112 cm³/mol. The maximum Gasteiger partial charge on any atom is 0.511 e. The Bertz CT molecular complexity index is 571. The molecule has 0 atom stereocenters. The van der Waals surface area contributed by atoms with E-state index in [9.17, 15) is 21.6 Å². The van der Waals surface area contributed by atoms with Crippen LogP contribution in [0.4, 0.5) is 13.2 Å². The summed E-state index contributed by atoms with van der Waals surface area (Å²) in [5.74, 6) is 0.715. The Morgan fingerprint density at radius 2 is 1.67 bits per heavy atom. The van der Waals surface area contributed by atoms with Crippen LogP contribution in [-0.2, 0) is 10.0 Å². The third-order valence-corrected chi connectivity index (χ3v) is 5.69. The molecule has 27 heavy (non-hydrogen) atoms. The molecule has 0 aliphatic carbocycles. The Morgan fingerprint density at radius 3 is 2.11 bits per heavy atom. The third kappa shape index (κ3) is 9.13. The van der Waals surface area contributed by atoms with Gasteiger partial charge in [-0.25, -0.2) is 8.42 Å². The fourth-order valence-corrected chi connectivity index (χ4v) is 3.56. The van der Waals surface area contributed by atoms with Crippen molar-refractivity contribution in [2.75, 3.05) is 39.8 Å². The second-order valence-electron chi connectivity index (χ2n) is 7.35. The number of piperidine rings is 1. The first-order valence-electron chi connectivity index (χ1n) is 8.63. The van der Waals surface area contributed by atoms with Gasteiger partial charge in [0.25, 0.3) is 0 Å². The van der Waals surface area contributed by atoms with Crippen LogP contribution in [-0.4, -0.2) is 69.5 Å². The molecule has 1 rings (SSSR count). The van der Waals surface area contributed by atoms with Gasteiger partial charge < -0.3 is 16.0 Å². The highest BCUT2D eigenvalue weighted by Crippen LogP contribution is 2.30. The number of sulfonamides is 1. The summed E-state index contributed by atoms with van der Waals surface area (Å²) in [5, 5.41) is 9.64. The summed E-state index contributed by atoms with van der Waals surface area (Å²) in [5.41, 5.74) is -5.20. The molecule has 0 amide bonds. The van der Waals surface area contributed by atoms with Gasteiger partial charge >= 0.3 is 15.5 Å². The van der Waals surface area contributed by atoms with Crippen molar-refractivity contribution in [3.05, 3.63) is 0 Å². The van der Waals surface area contributed by atoms with Crippen LogP contribution in [0.25, 0.3) is 0 Å². The fourth-order valence-electron chi connectivity index (χ4n) is 2.58. The summed E-state index contributed by atoms with van der Waals surface area (Å²) in [6.07, 6.45) is 0.760. The lowest BCUT2D eigenvalue weighted by atomic mass is 9.98. The highest BCUT2D eigenvalue weighted by atomic mass is 127. The van der Waals surface area contributed by atoms with E-state index in [-0.39, 0.29) is 48.5 Å². The highest BCUT2D eigenvalue weighted by molar-refractivity contribution is 14.0. The van der Waals surface area contributed by atoms with Gasteiger partial charge in [0, 0.05) is 45.3 Å². The van der Waals surface area contributed by atoms with Crippen LogP contribution < -0.4 is 16.0 Å². The van der Waals surface area contributed by atoms with Crippen LogP contribution in [0, 0.1) is 5.92 Å². The molecule has 0 aromatic carbocycles. The Hall–Kier alpha value is -0.340. The molecule has 1 aliphatic rings. The standard InChI is InChI=1S/C15H30F3N5O2S.HI/c1-14(2,3)22-8-7-20-13(19-4)21-11-12-5-9-23(10-6-12)26(24,25)15(16,17)18;/h12,22H,5-11H2,1-4H3,(H2,19,20,21);1H. The number of nitrogens with one attached hydrogen (secondary N) is 3. The maximum atomic E-state index is 12.6. The molecule has 0 saturated carbocycles. The molecule has 0 aromatic heterocycles. The molecular formula is C15H31F3IN5O2S. The summed E-state index contributed by atoms with van der Waals surface area (Å²) < 4.78 is 61.0. The van der Waals surface area contributed by atoms with Crippen molar-refractivity contribution in [2.45, 2.75) is 44.7 Å². The molecule has 12 heteroatoms. The van der Waals surface area contributed by atoms with Crippen molar-refractivity contribution in [2.24, 2.45) is 10.9 Å². The molecular weight excluding hydrogens is 498 g/mol. The molecule has 0 bridgehead atoms. The maximum absolute atomic E-state index is 12.6. The van der Waals surface area contributed by atoms with Gasteiger partial charge in [-0.15, -0.1) is 24.0 Å². The zero-order chi connectivity index (χ0) is 20.0. The number of hydrogen-bond donors (Lipinski definition) is 3. The lowest BCUT2D eigenvalue weighted by Crippen LogP contribution is -2.48. The van der Waals surface area contributed by atoms with E-state index in [1.807, 2.05) is 0 Å². The van der Waals surface area contributed by atoms with Crippen LogP contribution in [0.5, 0.6) is 0 Å². The first kappa shape index (κ1) is 26.7. The molecule has 1 heterocycles. The average Bonchev–Trinajstić information content (AvgIpc) is 2.52. The molecule has 0 spiro atoms. The van der Waals surface area contributed by atoms with E-state index in [1.54, 1.807) is 7.05 Å². The molecule has 1 fully saturated rings. The van der Waals surface area contributed by atoms with E-state index in [1.165, 1.54) is 0 Å². The van der Waals surface area contributed by atoms with E-state index in [2.05, 4.69) is 41.7 Å². The number of hydrogen-bond acceptors (Lipinski definition) is 4. The normalized spacial score (nSPS) is 18.1. The zero-order valence-corrected chi connectivity index (χ0v) is 19.3. The molecule has 7 nitrogen and oxygen atoms in total. The van der Waals surface area contributed by atoms with E-state index >= 15 is 0 Å². The topological polar surface area (TPSA) is 85.8 Å². The monoisotopic (exact) mass is 529 g/mol. The van der Waals surface area contributed by atoms with Crippen molar-refractivity contribution in [3.63, 3.8) is 0 Å². The summed E-state index contributed by atoms with van der Waals surface area (Å²) in [6.45, 7) is 7.97. The van der Waals surface area contributed by atoms with Gasteiger partial charge in [0.1, 0.15) is 0 Å². The van der Waals surface area contributed by atoms with Crippen molar-refractivity contribution in [1.82, 2.24) is 20.3 Å². The van der Waals surface area contributed by atoms with Gasteiger partial charge in [0.2, 0.25) is 0 Å². The smallest absolute Gasteiger partial charge is 0.356 e. The SMILES string of the molecule is CN=C(NCCNC(C)(C)C)NCC1CCN(S(=O)(=O)C(F)(F)F)CC1.I. The summed E-state index contributed by atoms with van der Waals surface area (Å²) in [4.78, 5) is 4.10. The second kappa shape index (κ2) is 11.0. The number of halogens is 4. The molecule has 3 N–H and O–H groups in total. The minimum absolute atomic E-state index is 0. The minimum Gasteiger partial charge on any atom is -0.356 e. The Labute approximate surface area is 177 Å². The Kier molecular flexibility index (Phi) is 10.9. The molecule has 0 radical (unpaired) electrons. The number of alkyl halides is 3. The van der Waals surface area contributed by atoms with E-state index < -0.39 is 15.5 Å². The lowest BCUT2D eigenvalue weighted by molar-refractivity contribution is -0.0496. The van der Waals surface area contributed by atoms with Gasteiger partial charge in [0.15, 0.2) is 5.96 Å². The lowest BCUT2D eigenvalue weighted by Gasteiger charge is -2.31. The third-order valence-electron chi connectivity index (χ3n) is 4.06. The number of aliphatic imine (C=N–C) groups is 1. The van der Waals surface area contributed by atoms with Crippen molar-refractivity contribution >= 4 is 40.0 Å².